The number of rotatable bonds is 4. The van der Waals surface area contributed by atoms with Gasteiger partial charge in [0.25, 0.3) is 0 Å². The van der Waals surface area contributed by atoms with Crippen LogP contribution in [0.25, 0.3) is 0 Å². The van der Waals surface area contributed by atoms with E-state index in [4.69, 9.17) is 4.74 Å². The first-order valence-corrected chi connectivity index (χ1v) is 7.73. The number of methoxy groups -OCH3 is 1. The Morgan fingerprint density at radius 1 is 1.15 bits per heavy atom. The summed E-state index contributed by atoms with van der Waals surface area (Å²) in [5.41, 5.74) is 2.80. The zero-order valence-electron chi connectivity index (χ0n) is 13.1. The SMILES string of the molecule is COCCc1ccccc1N1CC(C)CNCC(C)C1. The van der Waals surface area contributed by atoms with Gasteiger partial charge in [-0.25, -0.2) is 0 Å². The van der Waals surface area contributed by atoms with Crippen molar-refractivity contribution < 1.29 is 4.74 Å². The monoisotopic (exact) mass is 276 g/mol. The number of ether oxygens (including phenoxy) is 1. The van der Waals surface area contributed by atoms with Crippen LogP contribution in [0.3, 0.4) is 0 Å². The summed E-state index contributed by atoms with van der Waals surface area (Å²) in [7, 11) is 1.77. The van der Waals surface area contributed by atoms with E-state index in [0.717, 1.165) is 39.2 Å². The highest BCUT2D eigenvalue weighted by Crippen LogP contribution is 2.24. The fraction of sp³-hybridized carbons (Fsp3) is 0.647. The van der Waals surface area contributed by atoms with E-state index in [2.05, 4.69) is 48.3 Å². The van der Waals surface area contributed by atoms with Crippen molar-refractivity contribution in [2.45, 2.75) is 20.3 Å². The molecule has 0 saturated carbocycles. The normalized spacial score (nSPS) is 24.2. The lowest BCUT2D eigenvalue weighted by Gasteiger charge is -2.34. The highest BCUT2D eigenvalue weighted by atomic mass is 16.5. The molecule has 2 atom stereocenters. The Labute approximate surface area is 123 Å². The summed E-state index contributed by atoms with van der Waals surface area (Å²) in [5.74, 6) is 1.36. The molecule has 0 radical (unpaired) electrons. The molecule has 1 saturated heterocycles. The van der Waals surface area contributed by atoms with Gasteiger partial charge in [-0.2, -0.15) is 0 Å². The molecule has 0 aliphatic carbocycles. The standard InChI is InChI=1S/C17H28N2O/c1-14-10-18-11-15(2)13-19(12-14)17-7-5-4-6-16(17)8-9-20-3/h4-7,14-15,18H,8-13H2,1-3H3. The van der Waals surface area contributed by atoms with Gasteiger partial charge >= 0.3 is 0 Å². The number of nitrogens with zero attached hydrogens (tertiary/aromatic N) is 1. The lowest BCUT2D eigenvalue weighted by atomic mass is 10.0. The fourth-order valence-electron chi connectivity index (χ4n) is 2.97. The molecule has 2 rings (SSSR count). The summed E-state index contributed by atoms with van der Waals surface area (Å²) in [4.78, 5) is 2.57. The molecule has 1 N–H and O–H groups in total. The first-order valence-electron chi connectivity index (χ1n) is 7.73. The second-order valence-corrected chi connectivity index (χ2v) is 6.15. The molecule has 3 nitrogen and oxygen atoms in total. The average Bonchev–Trinajstić information content (AvgIpc) is 2.43. The zero-order chi connectivity index (χ0) is 14.4. The molecule has 0 aromatic heterocycles. The molecule has 2 unspecified atom stereocenters. The molecular weight excluding hydrogens is 248 g/mol. The molecule has 1 aliphatic rings. The van der Waals surface area contributed by atoms with Gasteiger partial charge in [-0.1, -0.05) is 32.0 Å². The minimum absolute atomic E-state index is 0.679. The summed E-state index contributed by atoms with van der Waals surface area (Å²) in [6.07, 6.45) is 0.990. The van der Waals surface area contributed by atoms with Crippen molar-refractivity contribution in [2.24, 2.45) is 11.8 Å². The van der Waals surface area contributed by atoms with Crippen LogP contribution in [0.5, 0.6) is 0 Å². The Morgan fingerprint density at radius 2 is 1.80 bits per heavy atom. The largest absolute Gasteiger partial charge is 0.384 e. The predicted molar refractivity (Wildman–Crippen MR) is 85.4 cm³/mol. The Kier molecular flexibility index (Phi) is 5.86. The van der Waals surface area contributed by atoms with Crippen LogP contribution < -0.4 is 10.2 Å². The molecule has 1 aromatic carbocycles. The molecule has 112 valence electrons. The van der Waals surface area contributed by atoms with Gasteiger partial charge in [0.05, 0.1) is 6.61 Å². The van der Waals surface area contributed by atoms with Gasteiger partial charge in [-0.05, 0) is 43.0 Å². The quantitative estimate of drug-likeness (QED) is 0.914. The van der Waals surface area contributed by atoms with Crippen LogP contribution in [0.15, 0.2) is 24.3 Å². The van der Waals surface area contributed by atoms with Crippen molar-refractivity contribution in [3.05, 3.63) is 29.8 Å². The number of benzene rings is 1. The van der Waals surface area contributed by atoms with Crippen molar-refractivity contribution in [3.63, 3.8) is 0 Å². The van der Waals surface area contributed by atoms with Crippen molar-refractivity contribution in [2.75, 3.05) is 44.8 Å². The maximum atomic E-state index is 5.25. The molecule has 20 heavy (non-hydrogen) atoms. The third-order valence-corrected chi connectivity index (χ3v) is 3.96. The molecule has 0 spiro atoms. The predicted octanol–water partition coefficient (Wildman–Crippen LogP) is 2.56. The van der Waals surface area contributed by atoms with Crippen molar-refractivity contribution in [3.8, 4) is 0 Å². The second kappa shape index (κ2) is 7.65. The summed E-state index contributed by atoms with van der Waals surface area (Å²) >= 11 is 0. The van der Waals surface area contributed by atoms with Crippen molar-refractivity contribution in [1.29, 1.82) is 0 Å². The van der Waals surface area contributed by atoms with Crippen LogP contribution in [0, 0.1) is 11.8 Å². The third kappa shape index (κ3) is 4.22. The number of para-hydroxylation sites is 1. The van der Waals surface area contributed by atoms with E-state index in [1.54, 1.807) is 7.11 Å². The first kappa shape index (κ1) is 15.3. The third-order valence-electron chi connectivity index (χ3n) is 3.96. The van der Waals surface area contributed by atoms with E-state index in [9.17, 15) is 0 Å². The number of nitrogens with one attached hydrogen (secondary N) is 1. The topological polar surface area (TPSA) is 24.5 Å². The van der Waals surface area contributed by atoms with E-state index >= 15 is 0 Å². The van der Waals surface area contributed by atoms with Crippen LogP contribution in [0.2, 0.25) is 0 Å². The van der Waals surface area contributed by atoms with Crippen LogP contribution >= 0.6 is 0 Å². The molecular formula is C17H28N2O. The molecule has 1 heterocycles. The molecule has 0 amide bonds. The Morgan fingerprint density at radius 3 is 2.45 bits per heavy atom. The Hall–Kier alpha value is -1.06. The van der Waals surface area contributed by atoms with Gasteiger partial charge in [-0.15, -0.1) is 0 Å². The maximum absolute atomic E-state index is 5.25. The number of anilines is 1. The zero-order valence-corrected chi connectivity index (χ0v) is 13.1. The molecule has 1 fully saturated rings. The summed E-state index contributed by atoms with van der Waals surface area (Å²) in [6, 6.07) is 8.78. The molecule has 3 heteroatoms. The fourth-order valence-corrected chi connectivity index (χ4v) is 2.97. The lowest BCUT2D eigenvalue weighted by Crippen LogP contribution is -2.43. The van der Waals surface area contributed by atoms with Gasteiger partial charge in [0.2, 0.25) is 0 Å². The minimum atomic E-state index is 0.679. The van der Waals surface area contributed by atoms with Gasteiger partial charge < -0.3 is 15.0 Å². The van der Waals surface area contributed by atoms with E-state index in [0.29, 0.717) is 11.8 Å². The summed E-state index contributed by atoms with van der Waals surface area (Å²) in [5, 5.41) is 3.56. The van der Waals surface area contributed by atoms with Crippen LogP contribution in [0.1, 0.15) is 19.4 Å². The number of hydrogen-bond acceptors (Lipinski definition) is 3. The lowest BCUT2D eigenvalue weighted by molar-refractivity contribution is 0.202. The minimum Gasteiger partial charge on any atom is -0.384 e. The summed E-state index contributed by atoms with van der Waals surface area (Å²) < 4.78 is 5.25. The van der Waals surface area contributed by atoms with E-state index < -0.39 is 0 Å². The highest BCUT2D eigenvalue weighted by Gasteiger charge is 2.19. The van der Waals surface area contributed by atoms with Crippen molar-refractivity contribution in [1.82, 2.24) is 5.32 Å². The van der Waals surface area contributed by atoms with E-state index in [1.807, 2.05) is 0 Å². The second-order valence-electron chi connectivity index (χ2n) is 6.15. The molecule has 1 aromatic rings. The van der Waals surface area contributed by atoms with E-state index in [1.165, 1.54) is 11.3 Å². The van der Waals surface area contributed by atoms with Gasteiger partial charge in [0.1, 0.15) is 0 Å². The summed E-state index contributed by atoms with van der Waals surface area (Å²) in [6.45, 7) is 9.92. The Bertz CT molecular complexity index is 396. The highest BCUT2D eigenvalue weighted by molar-refractivity contribution is 5.54. The number of hydrogen-bond donors (Lipinski definition) is 1. The molecule has 0 bridgehead atoms. The van der Waals surface area contributed by atoms with Gasteiger partial charge in [0.15, 0.2) is 0 Å². The van der Waals surface area contributed by atoms with Crippen molar-refractivity contribution >= 4 is 5.69 Å². The van der Waals surface area contributed by atoms with Crippen LogP contribution in [-0.2, 0) is 11.2 Å². The molecule has 1 aliphatic heterocycles. The van der Waals surface area contributed by atoms with Gasteiger partial charge in [0, 0.05) is 25.9 Å². The first-order chi connectivity index (χ1) is 9.70. The maximum Gasteiger partial charge on any atom is 0.0503 e. The van der Waals surface area contributed by atoms with E-state index in [-0.39, 0.29) is 0 Å². The Balaban J connectivity index is 2.17. The smallest absolute Gasteiger partial charge is 0.0503 e. The van der Waals surface area contributed by atoms with Crippen LogP contribution in [0.4, 0.5) is 5.69 Å². The van der Waals surface area contributed by atoms with Crippen LogP contribution in [-0.4, -0.2) is 39.9 Å². The van der Waals surface area contributed by atoms with Gasteiger partial charge in [-0.3, -0.25) is 0 Å². The average molecular weight is 276 g/mol.